The predicted octanol–water partition coefficient (Wildman–Crippen LogP) is 1.87. The first-order valence-electron chi connectivity index (χ1n) is 6.08. The van der Waals surface area contributed by atoms with Crippen molar-refractivity contribution >= 4 is 0 Å². The van der Waals surface area contributed by atoms with Crippen LogP contribution in [0.4, 0.5) is 0 Å². The van der Waals surface area contributed by atoms with Gasteiger partial charge in [-0.05, 0) is 31.5 Å². The fourth-order valence-corrected chi connectivity index (χ4v) is 2.41. The van der Waals surface area contributed by atoms with Gasteiger partial charge in [-0.3, -0.25) is 4.98 Å². The number of rotatable bonds is 2. The minimum absolute atomic E-state index is 0.523. The summed E-state index contributed by atoms with van der Waals surface area (Å²) in [6.07, 6.45) is 9.98. The van der Waals surface area contributed by atoms with E-state index in [1.54, 1.807) is 0 Å². The summed E-state index contributed by atoms with van der Waals surface area (Å²) in [4.78, 5) is 8.34. The molecule has 3 rings (SSSR count). The topological polar surface area (TPSA) is 42.7 Å². The second-order valence-corrected chi connectivity index (χ2v) is 4.42. The first-order chi connectivity index (χ1) is 8.45. The smallest absolute Gasteiger partial charge is 0.0954 e. The van der Waals surface area contributed by atoms with Crippen LogP contribution in [0.5, 0.6) is 0 Å². The second-order valence-electron chi connectivity index (χ2n) is 4.42. The number of piperidine rings is 1. The molecule has 0 aliphatic carbocycles. The van der Waals surface area contributed by atoms with Gasteiger partial charge in [0.2, 0.25) is 0 Å². The zero-order valence-corrected chi connectivity index (χ0v) is 9.71. The van der Waals surface area contributed by atoms with Crippen molar-refractivity contribution in [3.05, 3.63) is 37.1 Å². The number of pyridine rings is 1. The standard InChI is InChI=1S/C13H16N4/c1-2-12(8-15-5-1)17-10-16-9-13(17)11-3-6-14-7-4-11/h3-4,6-7,9-10,12,15H,1-2,5,8H2. The molecule has 1 aliphatic rings. The highest BCUT2D eigenvalue weighted by Gasteiger charge is 2.17. The summed E-state index contributed by atoms with van der Waals surface area (Å²) in [5.74, 6) is 0. The Balaban J connectivity index is 1.93. The van der Waals surface area contributed by atoms with Crippen molar-refractivity contribution in [2.75, 3.05) is 13.1 Å². The summed E-state index contributed by atoms with van der Waals surface area (Å²) in [6, 6.07) is 4.59. The second kappa shape index (κ2) is 4.67. The van der Waals surface area contributed by atoms with Gasteiger partial charge < -0.3 is 9.88 Å². The molecule has 0 aromatic carbocycles. The van der Waals surface area contributed by atoms with Crippen LogP contribution in [-0.4, -0.2) is 27.6 Å². The average Bonchev–Trinajstić information content (AvgIpc) is 2.90. The predicted molar refractivity (Wildman–Crippen MR) is 66.6 cm³/mol. The van der Waals surface area contributed by atoms with Crippen LogP contribution in [0.15, 0.2) is 37.1 Å². The van der Waals surface area contributed by atoms with Crippen LogP contribution in [0, 0.1) is 0 Å². The molecule has 4 heteroatoms. The highest BCUT2D eigenvalue weighted by Crippen LogP contribution is 2.25. The molecule has 3 heterocycles. The van der Waals surface area contributed by atoms with Crippen LogP contribution in [0.1, 0.15) is 18.9 Å². The van der Waals surface area contributed by atoms with Crippen molar-refractivity contribution in [2.45, 2.75) is 18.9 Å². The molecule has 2 aromatic rings. The van der Waals surface area contributed by atoms with E-state index in [0.717, 1.165) is 13.1 Å². The average molecular weight is 228 g/mol. The maximum atomic E-state index is 4.29. The summed E-state index contributed by atoms with van der Waals surface area (Å²) in [7, 11) is 0. The largest absolute Gasteiger partial charge is 0.326 e. The molecular formula is C13H16N4. The fourth-order valence-electron chi connectivity index (χ4n) is 2.41. The number of aromatic nitrogens is 3. The Morgan fingerprint density at radius 2 is 2.12 bits per heavy atom. The van der Waals surface area contributed by atoms with Crippen molar-refractivity contribution in [1.29, 1.82) is 0 Å². The first-order valence-corrected chi connectivity index (χ1v) is 6.08. The minimum atomic E-state index is 0.523. The van der Waals surface area contributed by atoms with Gasteiger partial charge in [-0.1, -0.05) is 0 Å². The molecule has 0 spiro atoms. The lowest BCUT2D eigenvalue weighted by Gasteiger charge is -2.25. The van der Waals surface area contributed by atoms with Gasteiger partial charge in [-0.15, -0.1) is 0 Å². The van der Waals surface area contributed by atoms with E-state index in [9.17, 15) is 0 Å². The summed E-state index contributed by atoms with van der Waals surface area (Å²) in [5, 5.41) is 3.44. The molecule has 2 aromatic heterocycles. The van der Waals surface area contributed by atoms with Crippen LogP contribution < -0.4 is 5.32 Å². The van der Waals surface area contributed by atoms with E-state index in [1.165, 1.54) is 24.1 Å². The van der Waals surface area contributed by atoms with Crippen LogP contribution >= 0.6 is 0 Å². The quantitative estimate of drug-likeness (QED) is 0.853. The highest BCUT2D eigenvalue weighted by atomic mass is 15.1. The summed E-state index contributed by atoms with van der Waals surface area (Å²) >= 11 is 0. The Kier molecular flexibility index (Phi) is 2.88. The third-order valence-corrected chi connectivity index (χ3v) is 3.31. The van der Waals surface area contributed by atoms with E-state index in [0.29, 0.717) is 6.04 Å². The van der Waals surface area contributed by atoms with Crippen molar-refractivity contribution in [1.82, 2.24) is 19.9 Å². The number of hydrogen-bond donors (Lipinski definition) is 1. The van der Waals surface area contributed by atoms with Gasteiger partial charge in [0.15, 0.2) is 0 Å². The van der Waals surface area contributed by atoms with Crippen LogP contribution in [-0.2, 0) is 0 Å². The molecule has 1 fully saturated rings. The molecule has 0 amide bonds. The summed E-state index contributed by atoms with van der Waals surface area (Å²) in [6.45, 7) is 2.17. The van der Waals surface area contributed by atoms with E-state index >= 15 is 0 Å². The molecule has 1 aliphatic heterocycles. The molecule has 0 bridgehead atoms. The van der Waals surface area contributed by atoms with Crippen LogP contribution in [0.3, 0.4) is 0 Å². The first kappa shape index (κ1) is 10.5. The molecule has 1 N–H and O–H groups in total. The Morgan fingerprint density at radius 3 is 2.88 bits per heavy atom. The van der Waals surface area contributed by atoms with Gasteiger partial charge in [0.1, 0.15) is 0 Å². The van der Waals surface area contributed by atoms with Gasteiger partial charge in [0.05, 0.1) is 18.2 Å². The molecule has 1 unspecified atom stereocenters. The van der Waals surface area contributed by atoms with Crippen molar-refractivity contribution in [2.24, 2.45) is 0 Å². The van der Waals surface area contributed by atoms with Gasteiger partial charge in [0.25, 0.3) is 0 Å². The van der Waals surface area contributed by atoms with Crippen LogP contribution in [0.25, 0.3) is 11.3 Å². The van der Waals surface area contributed by atoms with Gasteiger partial charge >= 0.3 is 0 Å². The normalized spacial score (nSPS) is 20.4. The zero-order chi connectivity index (χ0) is 11.5. The molecule has 88 valence electrons. The van der Waals surface area contributed by atoms with Gasteiger partial charge in [-0.25, -0.2) is 4.98 Å². The number of nitrogens with zero attached hydrogens (tertiary/aromatic N) is 3. The Hall–Kier alpha value is -1.68. The van der Waals surface area contributed by atoms with E-state index in [1.807, 2.05) is 37.1 Å². The highest BCUT2D eigenvalue weighted by molar-refractivity contribution is 5.58. The number of nitrogens with one attached hydrogen (secondary N) is 1. The Bertz CT molecular complexity index is 471. The lowest BCUT2D eigenvalue weighted by atomic mass is 10.1. The molecular weight excluding hydrogens is 212 g/mol. The molecule has 17 heavy (non-hydrogen) atoms. The molecule has 1 saturated heterocycles. The Morgan fingerprint density at radius 1 is 1.24 bits per heavy atom. The van der Waals surface area contributed by atoms with E-state index in [2.05, 4.69) is 19.9 Å². The maximum absolute atomic E-state index is 4.29. The van der Waals surface area contributed by atoms with Crippen molar-refractivity contribution in [3.63, 3.8) is 0 Å². The summed E-state index contributed by atoms with van der Waals surface area (Å²) in [5.41, 5.74) is 2.36. The lowest BCUT2D eigenvalue weighted by Crippen LogP contribution is -2.31. The van der Waals surface area contributed by atoms with Crippen LogP contribution in [0.2, 0.25) is 0 Å². The monoisotopic (exact) mass is 228 g/mol. The van der Waals surface area contributed by atoms with Crippen molar-refractivity contribution in [3.8, 4) is 11.3 Å². The maximum Gasteiger partial charge on any atom is 0.0954 e. The Labute approximate surface area is 101 Å². The molecule has 0 radical (unpaired) electrons. The van der Waals surface area contributed by atoms with Crippen molar-refractivity contribution < 1.29 is 0 Å². The van der Waals surface area contributed by atoms with E-state index < -0.39 is 0 Å². The third-order valence-electron chi connectivity index (χ3n) is 3.31. The van der Waals surface area contributed by atoms with Gasteiger partial charge in [-0.2, -0.15) is 0 Å². The SMILES string of the molecule is c1cc(-c2cncn2C2CCCNC2)ccn1. The van der Waals surface area contributed by atoms with E-state index in [4.69, 9.17) is 0 Å². The molecule has 0 saturated carbocycles. The number of imidazole rings is 1. The minimum Gasteiger partial charge on any atom is -0.326 e. The van der Waals surface area contributed by atoms with E-state index in [-0.39, 0.29) is 0 Å². The third kappa shape index (κ3) is 2.08. The van der Waals surface area contributed by atoms with Gasteiger partial charge in [0, 0.05) is 30.5 Å². The number of hydrogen-bond acceptors (Lipinski definition) is 3. The zero-order valence-electron chi connectivity index (χ0n) is 9.71. The molecule has 1 atom stereocenters. The lowest BCUT2D eigenvalue weighted by molar-refractivity contribution is 0.373. The summed E-state index contributed by atoms with van der Waals surface area (Å²) < 4.78 is 2.28. The molecule has 4 nitrogen and oxygen atoms in total. The fraction of sp³-hybridized carbons (Fsp3) is 0.385.